The molecule has 1 aromatic rings. The molecule has 0 radical (unpaired) electrons. The highest BCUT2D eigenvalue weighted by atomic mass is 15.3. The minimum atomic E-state index is -0.378. The fourth-order valence-electron chi connectivity index (χ4n) is 2.02. The van der Waals surface area contributed by atoms with E-state index in [9.17, 15) is 0 Å². The van der Waals surface area contributed by atoms with Crippen LogP contribution in [0.3, 0.4) is 0 Å². The minimum absolute atomic E-state index is 0.378. The second kappa shape index (κ2) is 5.62. The van der Waals surface area contributed by atoms with Gasteiger partial charge in [0.1, 0.15) is 11.9 Å². The summed E-state index contributed by atoms with van der Waals surface area (Å²) in [5.41, 5.74) is 5.62. The molecule has 1 unspecified atom stereocenters. The van der Waals surface area contributed by atoms with Gasteiger partial charge in [-0.2, -0.15) is 5.26 Å². The van der Waals surface area contributed by atoms with Crippen molar-refractivity contribution in [3.05, 3.63) is 24.4 Å². The van der Waals surface area contributed by atoms with E-state index in [1.165, 1.54) is 0 Å². The quantitative estimate of drug-likeness (QED) is 0.796. The van der Waals surface area contributed by atoms with Crippen LogP contribution in [-0.4, -0.2) is 48.6 Å². The smallest absolute Gasteiger partial charge is 0.128 e. The van der Waals surface area contributed by atoms with E-state index in [1.807, 2.05) is 24.4 Å². The Kier molecular flexibility index (Phi) is 3.91. The predicted molar refractivity (Wildman–Crippen MR) is 66.5 cm³/mol. The van der Waals surface area contributed by atoms with Gasteiger partial charge in [0.25, 0.3) is 0 Å². The maximum absolute atomic E-state index is 8.67. The molecule has 90 valence electrons. The molecular formula is C12H17N5. The zero-order chi connectivity index (χ0) is 12.1. The van der Waals surface area contributed by atoms with Crippen LogP contribution in [0.5, 0.6) is 0 Å². The molecule has 0 saturated carbocycles. The lowest BCUT2D eigenvalue weighted by molar-refractivity contribution is 0.253. The van der Waals surface area contributed by atoms with Gasteiger partial charge in [-0.3, -0.25) is 4.90 Å². The fourth-order valence-corrected chi connectivity index (χ4v) is 2.02. The van der Waals surface area contributed by atoms with Crippen molar-refractivity contribution in [1.29, 1.82) is 5.26 Å². The van der Waals surface area contributed by atoms with Gasteiger partial charge in [0.2, 0.25) is 0 Å². The summed E-state index contributed by atoms with van der Waals surface area (Å²) in [6.07, 6.45) is 1.81. The van der Waals surface area contributed by atoms with Crippen molar-refractivity contribution in [3.63, 3.8) is 0 Å². The Hall–Kier alpha value is -1.64. The van der Waals surface area contributed by atoms with Gasteiger partial charge < -0.3 is 10.6 Å². The minimum Gasteiger partial charge on any atom is -0.354 e. The van der Waals surface area contributed by atoms with Gasteiger partial charge in [-0.1, -0.05) is 6.07 Å². The molecule has 0 aliphatic carbocycles. The van der Waals surface area contributed by atoms with E-state index in [0.717, 1.165) is 32.0 Å². The van der Waals surface area contributed by atoms with E-state index in [4.69, 9.17) is 11.0 Å². The first-order chi connectivity index (χ1) is 8.29. The molecule has 2 heterocycles. The molecule has 2 rings (SSSR count). The Morgan fingerprint density at radius 2 is 2.12 bits per heavy atom. The zero-order valence-corrected chi connectivity index (χ0v) is 9.79. The molecule has 0 bridgehead atoms. The van der Waals surface area contributed by atoms with Gasteiger partial charge in [0.05, 0.1) is 6.07 Å². The van der Waals surface area contributed by atoms with Crippen LogP contribution < -0.4 is 10.6 Å². The zero-order valence-electron chi connectivity index (χ0n) is 9.79. The normalized spacial score (nSPS) is 18.7. The number of nitriles is 1. The van der Waals surface area contributed by atoms with Gasteiger partial charge >= 0.3 is 0 Å². The summed E-state index contributed by atoms with van der Waals surface area (Å²) >= 11 is 0. The second-order valence-electron chi connectivity index (χ2n) is 4.21. The van der Waals surface area contributed by atoms with Crippen LogP contribution >= 0.6 is 0 Å². The van der Waals surface area contributed by atoms with Crippen LogP contribution in [0.15, 0.2) is 24.4 Å². The lowest BCUT2D eigenvalue weighted by atomic mass is 10.2. The number of anilines is 1. The largest absolute Gasteiger partial charge is 0.354 e. The molecule has 17 heavy (non-hydrogen) atoms. The van der Waals surface area contributed by atoms with Crippen LogP contribution in [0.25, 0.3) is 0 Å². The summed E-state index contributed by atoms with van der Waals surface area (Å²) in [6.45, 7) is 4.41. The molecule has 2 N–H and O–H groups in total. The summed E-state index contributed by atoms with van der Waals surface area (Å²) in [6, 6.07) is 7.63. The lowest BCUT2D eigenvalue weighted by Crippen LogP contribution is -2.49. The highest BCUT2D eigenvalue weighted by Gasteiger charge is 2.18. The van der Waals surface area contributed by atoms with E-state index >= 15 is 0 Å². The standard InChI is InChI=1S/C12H17N5/c13-9-11(14)10-16-5-7-17(8-6-16)12-3-1-2-4-15-12/h1-4,11H,5-8,10,14H2. The topological polar surface area (TPSA) is 69.2 Å². The number of hydrogen-bond acceptors (Lipinski definition) is 5. The van der Waals surface area contributed by atoms with Crippen LogP contribution in [0.2, 0.25) is 0 Å². The highest BCUT2D eigenvalue weighted by Crippen LogP contribution is 2.12. The number of aromatic nitrogens is 1. The van der Waals surface area contributed by atoms with Crippen LogP contribution in [0.4, 0.5) is 5.82 Å². The van der Waals surface area contributed by atoms with Gasteiger partial charge in [-0.15, -0.1) is 0 Å². The Morgan fingerprint density at radius 1 is 1.35 bits per heavy atom. The first-order valence-corrected chi connectivity index (χ1v) is 5.83. The lowest BCUT2D eigenvalue weighted by Gasteiger charge is -2.35. The molecule has 1 aromatic heterocycles. The Labute approximate surface area is 101 Å². The molecule has 5 nitrogen and oxygen atoms in total. The van der Waals surface area contributed by atoms with Crippen molar-refractivity contribution >= 4 is 5.82 Å². The van der Waals surface area contributed by atoms with Crippen molar-refractivity contribution in [2.45, 2.75) is 6.04 Å². The predicted octanol–water partition coefficient (Wildman–Crippen LogP) is 0.0545. The van der Waals surface area contributed by atoms with Gasteiger partial charge in [-0.05, 0) is 12.1 Å². The number of nitrogens with two attached hydrogens (primary N) is 1. The van der Waals surface area contributed by atoms with Gasteiger partial charge in [0.15, 0.2) is 0 Å². The molecule has 5 heteroatoms. The summed E-state index contributed by atoms with van der Waals surface area (Å²) in [7, 11) is 0. The molecule has 1 saturated heterocycles. The fraction of sp³-hybridized carbons (Fsp3) is 0.500. The summed E-state index contributed by atoms with van der Waals surface area (Å²) in [4.78, 5) is 8.82. The molecule has 1 fully saturated rings. The Balaban J connectivity index is 1.85. The third kappa shape index (κ3) is 3.16. The maximum atomic E-state index is 8.67. The van der Waals surface area contributed by atoms with Crippen molar-refractivity contribution in [3.8, 4) is 6.07 Å². The van der Waals surface area contributed by atoms with E-state index < -0.39 is 0 Å². The first kappa shape index (κ1) is 11.8. The Morgan fingerprint density at radius 3 is 2.71 bits per heavy atom. The summed E-state index contributed by atoms with van der Waals surface area (Å²) < 4.78 is 0. The molecular weight excluding hydrogens is 214 g/mol. The van der Waals surface area contributed by atoms with E-state index in [0.29, 0.717) is 6.54 Å². The number of rotatable bonds is 3. The molecule has 0 aromatic carbocycles. The van der Waals surface area contributed by atoms with Crippen molar-refractivity contribution < 1.29 is 0 Å². The first-order valence-electron chi connectivity index (χ1n) is 5.83. The molecule has 1 aliphatic rings. The molecule has 0 amide bonds. The van der Waals surface area contributed by atoms with Crippen LogP contribution in [0.1, 0.15) is 0 Å². The molecule has 1 aliphatic heterocycles. The monoisotopic (exact) mass is 231 g/mol. The second-order valence-corrected chi connectivity index (χ2v) is 4.21. The highest BCUT2D eigenvalue weighted by molar-refractivity contribution is 5.38. The Bertz CT molecular complexity index is 378. The summed E-state index contributed by atoms with van der Waals surface area (Å²) in [5, 5.41) is 8.67. The maximum Gasteiger partial charge on any atom is 0.128 e. The third-order valence-corrected chi connectivity index (χ3v) is 2.97. The van der Waals surface area contributed by atoms with Crippen molar-refractivity contribution in [2.24, 2.45) is 5.73 Å². The summed E-state index contributed by atoms with van der Waals surface area (Å²) in [5.74, 6) is 1.02. The SMILES string of the molecule is N#CC(N)CN1CCN(c2ccccn2)CC1. The van der Waals surface area contributed by atoms with Gasteiger partial charge in [0, 0.05) is 38.9 Å². The van der Waals surface area contributed by atoms with Crippen LogP contribution in [-0.2, 0) is 0 Å². The number of nitrogens with zero attached hydrogens (tertiary/aromatic N) is 4. The molecule has 1 atom stereocenters. The average Bonchev–Trinajstić information content (AvgIpc) is 2.40. The number of pyridine rings is 1. The number of piperazine rings is 1. The van der Waals surface area contributed by atoms with Crippen molar-refractivity contribution in [1.82, 2.24) is 9.88 Å². The van der Waals surface area contributed by atoms with Gasteiger partial charge in [-0.25, -0.2) is 4.98 Å². The van der Waals surface area contributed by atoms with Crippen LogP contribution in [0, 0.1) is 11.3 Å². The molecule has 0 spiro atoms. The third-order valence-electron chi connectivity index (χ3n) is 2.97. The number of hydrogen-bond donors (Lipinski definition) is 1. The average molecular weight is 231 g/mol. The van der Waals surface area contributed by atoms with E-state index in [2.05, 4.69) is 20.9 Å². The van der Waals surface area contributed by atoms with Crippen molar-refractivity contribution in [2.75, 3.05) is 37.6 Å². The van der Waals surface area contributed by atoms with E-state index in [-0.39, 0.29) is 6.04 Å². The van der Waals surface area contributed by atoms with E-state index in [1.54, 1.807) is 0 Å².